The van der Waals surface area contributed by atoms with Gasteiger partial charge in [-0.1, -0.05) is 25.8 Å². The Hall–Kier alpha value is -1.71. The van der Waals surface area contributed by atoms with Gasteiger partial charge < -0.3 is 15.4 Å². The van der Waals surface area contributed by atoms with E-state index in [1.54, 1.807) is 0 Å². The van der Waals surface area contributed by atoms with E-state index in [1.165, 1.54) is 12.8 Å². The number of nitrogens with one attached hydrogen (secondary N) is 2. The van der Waals surface area contributed by atoms with Crippen LogP contribution in [-0.4, -0.2) is 18.1 Å². The highest BCUT2D eigenvalue weighted by atomic mass is 16.5. The number of hydrogen-bond acceptors (Lipinski definition) is 3. The van der Waals surface area contributed by atoms with Crippen LogP contribution in [0.25, 0.3) is 0 Å². The lowest BCUT2D eigenvalue weighted by molar-refractivity contribution is -0.117. The van der Waals surface area contributed by atoms with Crippen molar-refractivity contribution in [2.45, 2.75) is 51.0 Å². The van der Waals surface area contributed by atoms with Gasteiger partial charge in [0.25, 0.3) is 0 Å². The summed E-state index contributed by atoms with van der Waals surface area (Å²) in [5.41, 5.74) is 1.74. The van der Waals surface area contributed by atoms with Crippen LogP contribution in [0, 0.1) is 0 Å². The molecule has 4 nitrogen and oxygen atoms in total. The average Bonchev–Trinajstić information content (AvgIpc) is 2.80. The van der Waals surface area contributed by atoms with Crippen LogP contribution in [0.1, 0.15) is 45.4 Å². The Morgan fingerprint density at radius 3 is 2.85 bits per heavy atom. The summed E-state index contributed by atoms with van der Waals surface area (Å²) in [4.78, 5) is 12.2. The van der Waals surface area contributed by atoms with Gasteiger partial charge in [0.05, 0.1) is 12.3 Å². The Bertz CT molecular complexity index is 507. The molecule has 0 unspecified atom stereocenters. The number of rotatable bonds is 3. The maximum Gasteiger partial charge on any atom is 0.226 e. The van der Waals surface area contributed by atoms with E-state index in [9.17, 15) is 4.79 Å². The molecule has 0 bridgehead atoms. The van der Waals surface area contributed by atoms with E-state index >= 15 is 0 Å². The molecule has 0 saturated heterocycles. The maximum atomic E-state index is 12.2. The summed E-state index contributed by atoms with van der Waals surface area (Å²) in [6, 6.07) is 5.93. The number of anilines is 2. The largest absolute Gasteiger partial charge is 0.491 e. The van der Waals surface area contributed by atoms with Gasteiger partial charge in [-0.2, -0.15) is 0 Å². The first-order valence-electron chi connectivity index (χ1n) is 7.56. The van der Waals surface area contributed by atoms with E-state index in [4.69, 9.17) is 4.74 Å². The normalized spacial score (nSPS) is 19.9. The summed E-state index contributed by atoms with van der Waals surface area (Å²) in [5, 5.41) is 6.64. The van der Waals surface area contributed by atoms with E-state index in [0.717, 1.165) is 36.4 Å². The fourth-order valence-electron chi connectivity index (χ4n) is 3.27. The van der Waals surface area contributed by atoms with Crippen molar-refractivity contribution in [2.75, 3.05) is 17.2 Å². The second-order valence-electron chi connectivity index (χ2n) is 5.86. The highest BCUT2D eigenvalue weighted by Crippen LogP contribution is 2.43. The van der Waals surface area contributed by atoms with Crippen LogP contribution in [0.2, 0.25) is 0 Å². The third-order valence-electron chi connectivity index (χ3n) is 4.21. The van der Waals surface area contributed by atoms with Gasteiger partial charge in [-0.05, 0) is 31.4 Å². The first kappa shape index (κ1) is 13.3. The fraction of sp³-hybridized carbons (Fsp3) is 0.562. The maximum absolute atomic E-state index is 12.2. The Labute approximate surface area is 119 Å². The average molecular weight is 274 g/mol. The fourth-order valence-corrected chi connectivity index (χ4v) is 3.27. The van der Waals surface area contributed by atoms with Gasteiger partial charge in [-0.3, -0.25) is 4.79 Å². The quantitative estimate of drug-likeness (QED) is 0.886. The van der Waals surface area contributed by atoms with Crippen molar-refractivity contribution < 1.29 is 9.53 Å². The van der Waals surface area contributed by atoms with E-state index in [1.807, 2.05) is 18.2 Å². The van der Waals surface area contributed by atoms with Gasteiger partial charge in [0.1, 0.15) is 11.4 Å². The molecule has 108 valence electrons. The lowest BCUT2D eigenvalue weighted by atomic mass is 9.93. The molecular weight excluding hydrogens is 252 g/mol. The van der Waals surface area contributed by atoms with Crippen LogP contribution in [0.15, 0.2) is 18.2 Å². The Morgan fingerprint density at radius 2 is 2.10 bits per heavy atom. The standard InChI is InChI=1S/C16H22N2O2/c1-2-10-20-13-7-5-6-12-15(13)17-14(19)11-16(18-12)8-3-4-9-16/h5-7,18H,2-4,8-11H2,1H3,(H,17,19). The molecule has 1 aliphatic heterocycles. The molecule has 1 aromatic carbocycles. The number of fused-ring (bicyclic) bond motifs is 1. The number of hydrogen-bond donors (Lipinski definition) is 2. The van der Waals surface area contributed by atoms with Gasteiger partial charge in [-0.15, -0.1) is 0 Å². The number of carbonyl (C=O) groups excluding carboxylic acids is 1. The van der Waals surface area contributed by atoms with E-state index in [-0.39, 0.29) is 11.4 Å². The third kappa shape index (κ3) is 2.47. The molecule has 1 aliphatic carbocycles. The molecule has 20 heavy (non-hydrogen) atoms. The SMILES string of the molecule is CCCOc1cccc2c1NC(=O)CC1(CCCC1)N2. The zero-order valence-corrected chi connectivity index (χ0v) is 12.0. The molecule has 1 amide bonds. The van der Waals surface area contributed by atoms with E-state index in [2.05, 4.69) is 17.6 Å². The number of amides is 1. The van der Waals surface area contributed by atoms with Crippen molar-refractivity contribution in [3.8, 4) is 5.75 Å². The predicted octanol–water partition coefficient (Wildman–Crippen LogP) is 3.54. The Balaban J connectivity index is 1.94. The molecule has 2 N–H and O–H groups in total. The molecule has 1 aromatic rings. The van der Waals surface area contributed by atoms with Crippen molar-refractivity contribution in [2.24, 2.45) is 0 Å². The highest BCUT2D eigenvalue weighted by molar-refractivity contribution is 5.99. The van der Waals surface area contributed by atoms with Crippen molar-refractivity contribution in [1.82, 2.24) is 0 Å². The number of carbonyl (C=O) groups is 1. The van der Waals surface area contributed by atoms with Gasteiger partial charge >= 0.3 is 0 Å². The third-order valence-corrected chi connectivity index (χ3v) is 4.21. The topological polar surface area (TPSA) is 50.4 Å². The molecule has 1 saturated carbocycles. The minimum absolute atomic E-state index is 0.0568. The molecule has 4 heteroatoms. The van der Waals surface area contributed by atoms with Crippen LogP contribution in [0.3, 0.4) is 0 Å². The molecule has 3 rings (SSSR count). The molecule has 1 fully saturated rings. The lowest BCUT2D eigenvalue weighted by Gasteiger charge is -2.28. The smallest absolute Gasteiger partial charge is 0.226 e. The lowest BCUT2D eigenvalue weighted by Crippen LogP contribution is -2.36. The van der Waals surface area contributed by atoms with Crippen LogP contribution in [0.4, 0.5) is 11.4 Å². The monoisotopic (exact) mass is 274 g/mol. The van der Waals surface area contributed by atoms with E-state index < -0.39 is 0 Å². The zero-order valence-electron chi connectivity index (χ0n) is 12.0. The molecular formula is C16H22N2O2. The minimum atomic E-state index is -0.0568. The van der Waals surface area contributed by atoms with Crippen molar-refractivity contribution in [1.29, 1.82) is 0 Å². The second kappa shape index (κ2) is 5.35. The molecule has 0 aromatic heterocycles. The van der Waals surface area contributed by atoms with E-state index in [0.29, 0.717) is 13.0 Å². The molecule has 0 radical (unpaired) electrons. The summed E-state index contributed by atoms with van der Waals surface area (Å²) >= 11 is 0. The molecule has 1 spiro atoms. The number of ether oxygens (including phenoxy) is 1. The highest BCUT2D eigenvalue weighted by Gasteiger charge is 2.38. The van der Waals surface area contributed by atoms with Gasteiger partial charge in [-0.25, -0.2) is 0 Å². The Morgan fingerprint density at radius 1 is 1.30 bits per heavy atom. The van der Waals surface area contributed by atoms with Crippen LogP contribution in [-0.2, 0) is 4.79 Å². The minimum Gasteiger partial charge on any atom is -0.491 e. The summed E-state index contributed by atoms with van der Waals surface area (Å²) < 4.78 is 5.75. The molecule has 2 aliphatic rings. The zero-order chi connectivity index (χ0) is 14.0. The summed E-state index contributed by atoms with van der Waals surface area (Å²) in [5.74, 6) is 0.853. The first-order valence-corrected chi connectivity index (χ1v) is 7.56. The van der Waals surface area contributed by atoms with Gasteiger partial charge in [0.2, 0.25) is 5.91 Å². The van der Waals surface area contributed by atoms with Crippen LogP contribution in [0.5, 0.6) is 5.75 Å². The van der Waals surface area contributed by atoms with Crippen LogP contribution < -0.4 is 15.4 Å². The van der Waals surface area contributed by atoms with Crippen molar-refractivity contribution in [3.63, 3.8) is 0 Å². The molecule has 1 heterocycles. The molecule has 0 atom stereocenters. The van der Waals surface area contributed by atoms with Gasteiger partial charge in [0, 0.05) is 12.0 Å². The van der Waals surface area contributed by atoms with Gasteiger partial charge in [0.15, 0.2) is 0 Å². The number of benzene rings is 1. The van der Waals surface area contributed by atoms with Crippen LogP contribution >= 0.6 is 0 Å². The summed E-state index contributed by atoms with van der Waals surface area (Å²) in [7, 11) is 0. The predicted molar refractivity (Wildman–Crippen MR) is 80.3 cm³/mol. The summed E-state index contributed by atoms with van der Waals surface area (Å²) in [6.07, 6.45) is 6.03. The number of para-hydroxylation sites is 1. The Kier molecular flexibility index (Phi) is 3.55. The first-order chi connectivity index (χ1) is 9.72. The van der Waals surface area contributed by atoms with Crippen molar-refractivity contribution >= 4 is 17.3 Å². The summed E-state index contributed by atoms with van der Waals surface area (Å²) in [6.45, 7) is 2.74. The second-order valence-corrected chi connectivity index (χ2v) is 5.86. The van der Waals surface area contributed by atoms with Crippen molar-refractivity contribution in [3.05, 3.63) is 18.2 Å².